The first-order valence-corrected chi connectivity index (χ1v) is 12.0. The monoisotopic (exact) mass is 322 g/mol. The fourth-order valence-electron chi connectivity index (χ4n) is 5.03. The largest absolute Gasteiger partial charge is 0.413 e. The van der Waals surface area contributed by atoms with Gasteiger partial charge in [0.15, 0.2) is 8.32 Å². The van der Waals surface area contributed by atoms with E-state index in [0.717, 1.165) is 25.7 Å². The molecule has 0 unspecified atom stereocenters. The van der Waals surface area contributed by atoms with Crippen LogP contribution in [0.2, 0.25) is 18.1 Å². The molecule has 3 fully saturated rings. The van der Waals surface area contributed by atoms with Crippen molar-refractivity contribution in [1.29, 1.82) is 0 Å². The molecule has 0 aliphatic heterocycles. The average molecular weight is 323 g/mol. The molecule has 3 aliphatic rings. The fourth-order valence-corrected chi connectivity index (χ4v) is 6.40. The first kappa shape index (κ1) is 16.7. The lowest BCUT2D eigenvalue weighted by Gasteiger charge is -2.51. The predicted octanol–water partition coefficient (Wildman–Crippen LogP) is 4.89. The first-order chi connectivity index (χ1) is 10.1. The van der Waals surface area contributed by atoms with Crippen LogP contribution in [-0.4, -0.2) is 25.6 Å². The third-order valence-electron chi connectivity index (χ3n) is 7.41. The molecule has 0 aromatic heterocycles. The van der Waals surface area contributed by atoms with E-state index in [2.05, 4.69) is 40.4 Å². The maximum Gasteiger partial charge on any atom is 0.192 e. The first-order valence-electron chi connectivity index (χ1n) is 9.10. The molecule has 3 heteroatoms. The zero-order valence-corrected chi connectivity index (χ0v) is 16.1. The molecule has 0 saturated heterocycles. The molecule has 126 valence electrons. The van der Waals surface area contributed by atoms with Gasteiger partial charge >= 0.3 is 0 Å². The highest BCUT2D eigenvalue weighted by atomic mass is 28.4. The average Bonchev–Trinajstić information content (AvgIpc) is 2.67. The molecule has 22 heavy (non-hydrogen) atoms. The highest BCUT2D eigenvalue weighted by molar-refractivity contribution is 6.74. The Morgan fingerprint density at radius 3 is 2.59 bits per heavy atom. The van der Waals surface area contributed by atoms with Crippen molar-refractivity contribution in [3.8, 4) is 0 Å². The molecule has 0 radical (unpaired) electrons. The summed E-state index contributed by atoms with van der Waals surface area (Å²) in [5, 5.41) is 10.9. The van der Waals surface area contributed by atoms with Crippen molar-refractivity contribution in [3.63, 3.8) is 0 Å². The summed E-state index contributed by atoms with van der Waals surface area (Å²) in [7, 11) is -1.74. The number of hydrogen-bond donors (Lipinski definition) is 1. The summed E-state index contributed by atoms with van der Waals surface area (Å²) in [6.45, 7) is 16.1. The molecule has 2 bridgehead atoms. The molecule has 1 N–H and O–H groups in total. The highest BCUT2D eigenvalue weighted by Crippen LogP contribution is 2.63. The van der Waals surface area contributed by atoms with Gasteiger partial charge in [-0.05, 0) is 56.2 Å². The van der Waals surface area contributed by atoms with Crippen molar-refractivity contribution in [1.82, 2.24) is 0 Å². The smallest absolute Gasteiger partial charge is 0.192 e. The third-order valence-corrected chi connectivity index (χ3v) is 11.9. The lowest BCUT2D eigenvalue weighted by atomic mass is 9.58. The minimum absolute atomic E-state index is 0.109. The molecule has 2 nitrogen and oxygen atoms in total. The fraction of sp³-hybridized carbons (Fsp3) is 0.895. The molecular formula is C19H34O2Si. The molecular weight excluding hydrogens is 288 g/mol. The number of hydrogen-bond acceptors (Lipinski definition) is 2. The normalized spacial score (nSPS) is 42.4. The van der Waals surface area contributed by atoms with Crippen LogP contribution in [0.15, 0.2) is 12.2 Å². The van der Waals surface area contributed by atoms with Crippen molar-refractivity contribution in [2.75, 3.05) is 0 Å². The Kier molecular flexibility index (Phi) is 3.94. The number of rotatable bonds is 2. The molecule has 5 atom stereocenters. The lowest BCUT2D eigenvalue weighted by molar-refractivity contribution is -0.0913. The van der Waals surface area contributed by atoms with Crippen LogP contribution >= 0.6 is 0 Å². The van der Waals surface area contributed by atoms with Gasteiger partial charge in [0, 0.05) is 11.3 Å². The molecule has 3 rings (SSSR count). The van der Waals surface area contributed by atoms with Gasteiger partial charge in [0.1, 0.15) is 0 Å². The van der Waals surface area contributed by atoms with Crippen molar-refractivity contribution < 1.29 is 9.53 Å². The van der Waals surface area contributed by atoms with Crippen LogP contribution in [0.4, 0.5) is 0 Å². The van der Waals surface area contributed by atoms with Gasteiger partial charge in [0.25, 0.3) is 0 Å². The Labute approximate surface area is 137 Å². The van der Waals surface area contributed by atoms with E-state index in [0.29, 0.717) is 17.9 Å². The van der Waals surface area contributed by atoms with E-state index in [4.69, 9.17) is 4.43 Å². The molecule has 0 amide bonds. The summed E-state index contributed by atoms with van der Waals surface area (Å²) < 4.78 is 6.82. The molecule has 3 aliphatic carbocycles. The standard InChI is InChI=1S/C19H34O2Si/c1-13-11-19-12-15(13)16(21-22(5,6)18(2,3)4)10-14(19)8-7-9-17(19)20/h14-17,20H,1,7-12H2,2-6H3/t14-,15-,16-,17+,19+/m1/s1. The highest BCUT2D eigenvalue weighted by Gasteiger charge is 2.59. The predicted molar refractivity (Wildman–Crippen MR) is 94.3 cm³/mol. The molecule has 0 aromatic carbocycles. The van der Waals surface area contributed by atoms with Gasteiger partial charge in [0.05, 0.1) is 12.2 Å². The Bertz CT molecular complexity index is 465. The molecule has 3 saturated carbocycles. The van der Waals surface area contributed by atoms with Gasteiger partial charge in [-0.1, -0.05) is 39.3 Å². The van der Waals surface area contributed by atoms with Crippen molar-refractivity contribution >= 4 is 8.32 Å². The lowest BCUT2D eigenvalue weighted by Crippen LogP contribution is -2.52. The van der Waals surface area contributed by atoms with E-state index in [9.17, 15) is 5.11 Å². The Hall–Kier alpha value is -0.123. The Balaban J connectivity index is 1.83. The Morgan fingerprint density at radius 1 is 1.27 bits per heavy atom. The van der Waals surface area contributed by atoms with Gasteiger partial charge in [0.2, 0.25) is 0 Å². The minimum atomic E-state index is -1.74. The summed E-state index contributed by atoms with van der Waals surface area (Å²) in [6, 6.07) is 0. The summed E-state index contributed by atoms with van der Waals surface area (Å²) in [5.74, 6) is 1.12. The van der Waals surface area contributed by atoms with Gasteiger partial charge in [-0.2, -0.15) is 0 Å². The maximum atomic E-state index is 10.7. The van der Waals surface area contributed by atoms with Crippen molar-refractivity contribution in [3.05, 3.63) is 12.2 Å². The van der Waals surface area contributed by atoms with E-state index in [-0.39, 0.29) is 16.6 Å². The second-order valence-electron chi connectivity index (χ2n) is 9.67. The maximum absolute atomic E-state index is 10.7. The summed E-state index contributed by atoms with van der Waals surface area (Å²) in [4.78, 5) is 0. The van der Waals surface area contributed by atoms with E-state index in [1.165, 1.54) is 18.4 Å². The quantitative estimate of drug-likeness (QED) is 0.579. The number of aliphatic hydroxyl groups excluding tert-OH is 1. The second-order valence-corrected chi connectivity index (χ2v) is 14.4. The summed E-state index contributed by atoms with van der Waals surface area (Å²) in [6.07, 6.45) is 6.99. The summed E-state index contributed by atoms with van der Waals surface area (Å²) in [5.41, 5.74) is 1.50. The van der Waals surface area contributed by atoms with Gasteiger partial charge in [-0.15, -0.1) is 0 Å². The Morgan fingerprint density at radius 2 is 1.95 bits per heavy atom. The van der Waals surface area contributed by atoms with E-state index >= 15 is 0 Å². The van der Waals surface area contributed by atoms with E-state index in [1.807, 2.05) is 0 Å². The van der Waals surface area contributed by atoms with Crippen LogP contribution in [0.3, 0.4) is 0 Å². The minimum Gasteiger partial charge on any atom is -0.413 e. The van der Waals surface area contributed by atoms with Crippen LogP contribution < -0.4 is 0 Å². The number of fused-ring (bicyclic) bond motifs is 1. The second kappa shape index (κ2) is 5.19. The third kappa shape index (κ3) is 2.44. The zero-order chi connectivity index (χ0) is 16.3. The van der Waals surface area contributed by atoms with Crippen LogP contribution in [-0.2, 0) is 4.43 Å². The molecule has 0 aromatic rings. The summed E-state index contributed by atoms with van der Waals surface area (Å²) >= 11 is 0. The SMILES string of the molecule is C=C1C[C@]23C[C@H]1[C@H](O[Si](C)(C)C(C)(C)C)C[C@H]2CCC[C@@H]3O. The van der Waals surface area contributed by atoms with Gasteiger partial charge in [-0.25, -0.2) is 0 Å². The van der Waals surface area contributed by atoms with Crippen LogP contribution in [0.1, 0.15) is 59.3 Å². The van der Waals surface area contributed by atoms with E-state index < -0.39 is 8.32 Å². The van der Waals surface area contributed by atoms with E-state index in [1.54, 1.807) is 0 Å². The van der Waals surface area contributed by atoms with Gasteiger partial charge in [-0.3, -0.25) is 0 Å². The van der Waals surface area contributed by atoms with Crippen LogP contribution in [0.25, 0.3) is 0 Å². The molecule has 0 heterocycles. The van der Waals surface area contributed by atoms with Crippen molar-refractivity contribution in [2.45, 2.75) is 89.6 Å². The number of aliphatic hydroxyl groups is 1. The van der Waals surface area contributed by atoms with Crippen LogP contribution in [0.5, 0.6) is 0 Å². The molecule has 1 spiro atoms. The van der Waals surface area contributed by atoms with Gasteiger partial charge < -0.3 is 9.53 Å². The van der Waals surface area contributed by atoms with Crippen molar-refractivity contribution in [2.24, 2.45) is 17.3 Å². The topological polar surface area (TPSA) is 29.5 Å². The zero-order valence-electron chi connectivity index (χ0n) is 15.1. The van der Waals surface area contributed by atoms with Crippen LogP contribution in [0, 0.1) is 17.3 Å².